The molecule has 2 fully saturated rings. The number of nitrogens with zero attached hydrogens (tertiary/aromatic N) is 10. The Balaban J connectivity index is 0.000000128. The molecule has 0 aliphatic heterocycles. The average molecular weight is 1840 g/mol. The maximum atomic E-state index is 9.02. The molecular weight excluding hydrogens is 1690 g/mol. The lowest BCUT2D eigenvalue weighted by Gasteiger charge is -2.20. The number of aryl methyl sites for hydroxylation is 12. The second-order valence-corrected chi connectivity index (χ2v) is 37.6. The van der Waals surface area contributed by atoms with Crippen LogP contribution < -0.4 is 22.8 Å². The highest BCUT2D eigenvalue weighted by Crippen LogP contribution is 2.46. The van der Waals surface area contributed by atoms with E-state index in [0.29, 0.717) is 111 Å². The van der Waals surface area contributed by atoms with Crippen molar-refractivity contribution in [2.24, 2.45) is 35.2 Å². The summed E-state index contributed by atoms with van der Waals surface area (Å²) in [6.45, 7) is 23.3. The van der Waals surface area contributed by atoms with Crippen molar-refractivity contribution in [3.05, 3.63) is 297 Å². The minimum atomic E-state index is -2.46. The van der Waals surface area contributed by atoms with Gasteiger partial charge < -0.3 is 22.1 Å². The number of pyridine rings is 10. The van der Waals surface area contributed by atoms with Crippen molar-refractivity contribution in [2.75, 3.05) is 0 Å². The van der Waals surface area contributed by atoms with Gasteiger partial charge in [-0.2, -0.15) is 0 Å². The van der Waals surface area contributed by atoms with Gasteiger partial charge in [0.1, 0.15) is 35.2 Å². The Kier molecular flexibility index (Phi) is 20.3. The molecule has 15 nitrogen and oxygen atoms in total. The maximum absolute atomic E-state index is 9.02. The van der Waals surface area contributed by atoms with E-state index in [0.717, 1.165) is 167 Å². The van der Waals surface area contributed by atoms with Gasteiger partial charge in [0.05, 0.1) is 27.8 Å². The van der Waals surface area contributed by atoms with Crippen LogP contribution in [0.1, 0.15) is 308 Å². The summed E-state index contributed by atoms with van der Waals surface area (Å²) in [5.74, 6) is -8.69. The molecular formula is C122H135N10O5+5. The second kappa shape index (κ2) is 39.0. The fraction of sp³-hybridized carbons (Fsp3) is 0.344. The van der Waals surface area contributed by atoms with Crippen LogP contribution in [0.2, 0.25) is 0 Å². The van der Waals surface area contributed by atoms with Gasteiger partial charge in [0.25, 0.3) is 0 Å². The lowest BCUT2D eigenvalue weighted by atomic mass is 9.86. The quantitative estimate of drug-likeness (QED) is 0.0963. The summed E-state index contributed by atoms with van der Waals surface area (Å²) in [5.41, 5.74) is 27.0. The average Bonchev–Trinajstić information content (AvgIpc) is 1.00. The van der Waals surface area contributed by atoms with Crippen LogP contribution in [0.4, 0.5) is 0 Å². The van der Waals surface area contributed by atoms with Gasteiger partial charge in [0, 0.05) is 184 Å². The van der Waals surface area contributed by atoms with Crippen molar-refractivity contribution in [3.63, 3.8) is 0 Å². The summed E-state index contributed by atoms with van der Waals surface area (Å²) in [6, 6.07) is 58.4. The summed E-state index contributed by atoms with van der Waals surface area (Å²) in [7, 11) is 9.75. The molecule has 2 aliphatic carbocycles. The van der Waals surface area contributed by atoms with Gasteiger partial charge in [-0.3, -0.25) is 0 Å². The van der Waals surface area contributed by atoms with Crippen molar-refractivity contribution in [1.82, 2.24) is 24.9 Å². The fourth-order valence-corrected chi connectivity index (χ4v) is 18.7. The van der Waals surface area contributed by atoms with E-state index in [1.165, 1.54) is 31.9 Å². The molecule has 15 heteroatoms. The van der Waals surface area contributed by atoms with Gasteiger partial charge in [-0.05, 0) is 225 Å². The molecule has 137 heavy (non-hydrogen) atoms. The van der Waals surface area contributed by atoms with Crippen molar-refractivity contribution in [3.8, 4) is 56.3 Å². The van der Waals surface area contributed by atoms with E-state index in [2.05, 4.69) is 125 Å². The van der Waals surface area contributed by atoms with Gasteiger partial charge in [0.15, 0.2) is 58.9 Å². The van der Waals surface area contributed by atoms with Crippen LogP contribution in [0.15, 0.2) is 235 Å². The minimum Gasteiger partial charge on any atom is -0.437 e. The number of rotatable bonds is 14. The predicted molar refractivity (Wildman–Crippen MR) is 560 cm³/mol. The molecule has 15 aromatic heterocycles. The molecule has 0 N–H and O–H groups in total. The normalized spacial score (nSPS) is 19.5. The molecule has 20 aromatic rings. The van der Waals surface area contributed by atoms with E-state index in [4.69, 9.17) is 55.9 Å². The van der Waals surface area contributed by atoms with Crippen molar-refractivity contribution in [2.45, 2.75) is 243 Å². The highest BCUT2D eigenvalue weighted by atomic mass is 16.4. The Morgan fingerprint density at radius 3 is 0.949 bits per heavy atom. The molecule has 22 rings (SSSR count). The molecule has 0 saturated heterocycles. The van der Waals surface area contributed by atoms with Gasteiger partial charge in [-0.1, -0.05) is 183 Å². The molecule has 698 valence electrons. The third-order valence-corrected chi connectivity index (χ3v) is 26.8. The van der Waals surface area contributed by atoms with Crippen LogP contribution in [-0.4, -0.2) is 24.9 Å². The van der Waals surface area contributed by atoms with Crippen LogP contribution in [0.5, 0.6) is 0 Å². The Morgan fingerprint density at radius 2 is 0.613 bits per heavy atom. The molecule has 0 bridgehead atoms. The zero-order valence-electron chi connectivity index (χ0n) is 103. The number of hydrogen-bond acceptors (Lipinski definition) is 10. The first-order chi connectivity index (χ1) is 73.8. The van der Waals surface area contributed by atoms with E-state index >= 15 is 0 Å². The standard InChI is InChI=1S/C27H31N2O.C26H29N2O.C24H27N2O.C23H25N2O.C22H23N2O/c1-17(2)20-14-15-29(4)24(16-20)25-18(3)10-11-21-22-12-13-23(19-8-6-5-7-9-19)28-27(22)30-26(21)25;1-16(2)19-13-14-28(4)23(15-19)24-17(3)9-10-20-21-11-12-22(18-7-5-6-8-18)27-26(21)29-25(20)24;1-14(2)17-11-12-26(6)21(13-17)22-16(5)7-8-18-19-9-10-20(15(3)4)25-24(19)27-23(18)22;1-6-17-8-10-19-18-9-7-15(4)21(22(18)26-23(19)24-17)20-13-16(14(2)3)11-12-25(20)5;1-13(2)16-10-11-24(5)19(12-16)20-14(3)6-8-17-18-9-7-15(4)23-22(18)25-21(17)20/h10-17,19H,5-9H2,1-4H3;9-16,18H,5-8H2,1-4H3;7-15H,1-6H3;7-14H,6H2,1-5H3;6-13H,1-5H3/q5*+1/i8D2,9D2,19D;7D2,18D;1D3,14D,15D;2D3,14D;1D3,13D. The van der Waals surface area contributed by atoms with Crippen molar-refractivity contribution < 1.29 is 73.7 Å². The number of hydrogen-bond donors (Lipinski definition) is 0. The highest BCUT2D eigenvalue weighted by Gasteiger charge is 2.31. The molecule has 2 saturated carbocycles. The van der Waals surface area contributed by atoms with Gasteiger partial charge >= 0.3 is 0 Å². The van der Waals surface area contributed by atoms with Crippen molar-refractivity contribution in [1.29, 1.82) is 0 Å². The zero-order valence-corrected chi connectivity index (χ0v) is 82.3. The van der Waals surface area contributed by atoms with Gasteiger partial charge in [-0.15, -0.1) is 0 Å². The number of fused-ring (bicyclic) bond motifs is 15. The monoisotopic (exact) mass is 1840 g/mol. The molecule has 0 amide bonds. The molecule has 4 unspecified atom stereocenters. The summed E-state index contributed by atoms with van der Waals surface area (Å²) >= 11 is 0. The Hall–Kier alpha value is -13.4. The molecule has 5 aromatic carbocycles. The third-order valence-electron chi connectivity index (χ3n) is 26.8. The predicted octanol–water partition coefficient (Wildman–Crippen LogP) is 30.2. The van der Waals surface area contributed by atoms with E-state index in [1.807, 2.05) is 175 Å². The summed E-state index contributed by atoms with van der Waals surface area (Å²) in [6.07, 6.45) is 6.89. The number of furan rings is 5. The lowest BCUT2D eigenvalue weighted by molar-refractivity contribution is -0.660. The lowest BCUT2D eigenvalue weighted by Crippen LogP contribution is -2.31. The summed E-state index contributed by atoms with van der Waals surface area (Å²) < 4.78 is 214. The molecule has 4 atom stereocenters. The van der Waals surface area contributed by atoms with Crippen LogP contribution in [0, 0.1) is 41.5 Å². The molecule has 2 aliphatic rings. The van der Waals surface area contributed by atoms with Crippen LogP contribution in [-0.2, 0) is 41.7 Å². The zero-order chi connectivity index (χ0) is 115. The van der Waals surface area contributed by atoms with E-state index < -0.39 is 75.0 Å². The second-order valence-electron chi connectivity index (χ2n) is 37.6. The maximum Gasteiger partial charge on any atom is 0.227 e. The van der Waals surface area contributed by atoms with Gasteiger partial charge in [-0.25, -0.2) is 47.8 Å². The fourth-order valence-electron chi connectivity index (χ4n) is 18.7. The smallest absolute Gasteiger partial charge is 0.227 e. The first kappa shape index (κ1) is 71.1. The number of benzene rings is 5. The van der Waals surface area contributed by atoms with Crippen LogP contribution in [0.25, 0.3) is 167 Å². The Labute approximate surface area is 836 Å². The summed E-state index contributed by atoms with van der Waals surface area (Å²) in [4.78, 5) is 23.0. The third kappa shape index (κ3) is 18.5. The number of aromatic nitrogens is 10. The SMILES string of the molecule is [2H]C(C)(C)c1ccc2c(n1)oc1c(-c3cc(C([2H])(C)C([2H])([2H])[2H])cc[n+]3C)c(C)ccc12.[2H]C([2H])([2H])C([2H])(C)c1cc[n+](C)c(-c2c(C)ccc3c2oc2nc(C)ccc23)c1.[2H]C([2H])([2H])C([2H])(C)c1cc[n+](C)c(-c2c(C)ccc3c2oc2nc(CC)ccc23)c1.[2H]C1([2H])CCCC([2H])([2H])C1([2H])c1ccc2c(n1)oc1c(-c3cc(C(C)C)cc[n+]3C)c(C)ccc12.[2H]C1([2H])CCCC1([2H])c1ccc2c(n1)oc1c(-c3cc(C(C)C)cc[n+]3C)c(C)ccc12. The van der Waals surface area contributed by atoms with E-state index in [-0.39, 0.29) is 18.5 Å². The first-order valence-electron chi connectivity index (χ1n) is 57.9. The van der Waals surface area contributed by atoms with E-state index in [9.17, 15) is 0 Å². The minimum absolute atomic E-state index is 0.0735. The van der Waals surface area contributed by atoms with Crippen molar-refractivity contribution >= 4 is 110 Å². The largest absolute Gasteiger partial charge is 0.437 e. The summed E-state index contributed by atoms with van der Waals surface area (Å²) in [5, 5.41) is 9.14. The highest BCUT2D eigenvalue weighted by molar-refractivity contribution is 6.13. The molecule has 15 heterocycles. The van der Waals surface area contributed by atoms with Crippen LogP contribution >= 0.6 is 0 Å². The topological polar surface area (TPSA) is 150 Å². The van der Waals surface area contributed by atoms with E-state index in [1.54, 1.807) is 81.0 Å². The van der Waals surface area contributed by atoms with Gasteiger partial charge in [0.2, 0.25) is 57.0 Å². The Bertz CT molecular complexity index is 9080. The van der Waals surface area contributed by atoms with Crippen LogP contribution in [0.3, 0.4) is 0 Å². The molecule has 0 spiro atoms. The molecule has 0 radical (unpaired) electrons. The Morgan fingerprint density at radius 1 is 0.321 bits per heavy atom. The first-order valence-corrected chi connectivity index (χ1v) is 47.4.